The number of hydrogen-bond donors (Lipinski definition) is 1. The van der Waals surface area contributed by atoms with Gasteiger partial charge >= 0.3 is 6.03 Å². The summed E-state index contributed by atoms with van der Waals surface area (Å²) in [4.78, 5) is 19.0. The SMILES string of the molecule is Cc1csc(C2COCCN2C(=O)NC(C)C2CCC2)n1. The number of urea groups is 1. The number of thiazole rings is 1. The number of aryl methyl sites for hydroxylation is 1. The lowest BCUT2D eigenvalue weighted by molar-refractivity contribution is 0.0102. The fraction of sp³-hybridized carbons (Fsp3) is 0.733. The van der Waals surface area contributed by atoms with Crippen molar-refractivity contribution in [3.05, 3.63) is 16.1 Å². The van der Waals surface area contributed by atoms with Crippen molar-refractivity contribution in [3.8, 4) is 0 Å². The van der Waals surface area contributed by atoms with Crippen LogP contribution < -0.4 is 5.32 Å². The highest BCUT2D eigenvalue weighted by atomic mass is 32.1. The van der Waals surface area contributed by atoms with E-state index >= 15 is 0 Å². The molecular formula is C15H23N3O2S. The summed E-state index contributed by atoms with van der Waals surface area (Å²) in [6, 6.07) is 0.231. The average Bonchev–Trinajstić information content (AvgIpc) is 2.83. The number of carbonyl (C=O) groups excluding carboxylic acids is 1. The first-order valence-corrected chi connectivity index (χ1v) is 8.60. The first kappa shape index (κ1) is 14.8. The molecule has 2 atom stereocenters. The van der Waals surface area contributed by atoms with Gasteiger partial charge in [0.15, 0.2) is 0 Å². The number of rotatable bonds is 3. The number of hydrogen-bond acceptors (Lipinski definition) is 4. The molecule has 1 aliphatic heterocycles. The molecule has 2 aliphatic rings. The largest absolute Gasteiger partial charge is 0.377 e. The van der Waals surface area contributed by atoms with E-state index in [1.54, 1.807) is 11.3 Å². The first-order valence-electron chi connectivity index (χ1n) is 7.72. The number of aromatic nitrogens is 1. The maximum atomic E-state index is 12.6. The van der Waals surface area contributed by atoms with Crippen LogP contribution in [0.25, 0.3) is 0 Å². The smallest absolute Gasteiger partial charge is 0.318 e. The highest BCUT2D eigenvalue weighted by Crippen LogP contribution is 2.30. The van der Waals surface area contributed by atoms with E-state index in [9.17, 15) is 4.79 Å². The minimum absolute atomic E-state index is 0.0237. The van der Waals surface area contributed by atoms with Crippen molar-refractivity contribution in [1.29, 1.82) is 0 Å². The fourth-order valence-corrected chi connectivity index (χ4v) is 3.80. The van der Waals surface area contributed by atoms with E-state index in [4.69, 9.17) is 4.74 Å². The van der Waals surface area contributed by atoms with E-state index in [2.05, 4.69) is 17.2 Å². The van der Waals surface area contributed by atoms with Gasteiger partial charge in [-0.25, -0.2) is 9.78 Å². The zero-order chi connectivity index (χ0) is 14.8. The van der Waals surface area contributed by atoms with Gasteiger partial charge < -0.3 is 15.0 Å². The van der Waals surface area contributed by atoms with Gasteiger partial charge in [-0.15, -0.1) is 11.3 Å². The Labute approximate surface area is 129 Å². The van der Waals surface area contributed by atoms with E-state index in [-0.39, 0.29) is 18.1 Å². The summed E-state index contributed by atoms with van der Waals surface area (Å²) in [5.74, 6) is 0.649. The molecule has 0 spiro atoms. The van der Waals surface area contributed by atoms with E-state index in [0.29, 0.717) is 25.7 Å². The molecule has 1 N–H and O–H groups in total. The molecule has 2 fully saturated rings. The molecule has 1 aromatic heterocycles. The van der Waals surface area contributed by atoms with Crippen LogP contribution in [0.4, 0.5) is 4.79 Å². The minimum atomic E-state index is -0.0500. The van der Waals surface area contributed by atoms with Crippen LogP contribution in [0.2, 0.25) is 0 Å². The zero-order valence-corrected chi connectivity index (χ0v) is 13.5. The molecule has 5 nitrogen and oxygen atoms in total. The van der Waals surface area contributed by atoms with Gasteiger partial charge in [0, 0.05) is 23.7 Å². The Morgan fingerprint density at radius 2 is 2.38 bits per heavy atom. The molecule has 2 heterocycles. The third kappa shape index (κ3) is 3.21. The summed E-state index contributed by atoms with van der Waals surface area (Å²) in [5, 5.41) is 6.16. The predicted molar refractivity (Wildman–Crippen MR) is 82.5 cm³/mol. The Morgan fingerprint density at radius 3 is 3.00 bits per heavy atom. The molecule has 0 radical (unpaired) electrons. The normalized spacial score (nSPS) is 24.5. The quantitative estimate of drug-likeness (QED) is 0.934. The van der Waals surface area contributed by atoms with Crippen LogP contribution in [0.1, 0.15) is 42.9 Å². The third-order valence-electron chi connectivity index (χ3n) is 4.52. The van der Waals surface area contributed by atoms with Crippen molar-refractivity contribution in [2.45, 2.75) is 45.2 Å². The molecule has 2 amide bonds. The number of nitrogens with zero attached hydrogens (tertiary/aromatic N) is 2. The van der Waals surface area contributed by atoms with Crippen LogP contribution >= 0.6 is 11.3 Å². The highest BCUT2D eigenvalue weighted by Gasteiger charge is 2.33. The summed E-state index contributed by atoms with van der Waals surface area (Å²) in [6.07, 6.45) is 3.77. The highest BCUT2D eigenvalue weighted by molar-refractivity contribution is 7.09. The van der Waals surface area contributed by atoms with E-state index < -0.39 is 0 Å². The van der Waals surface area contributed by atoms with Gasteiger partial charge in [-0.05, 0) is 32.6 Å². The van der Waals surface area contributed by atoms with Crippen molar-refractivity contribution in [1.82, 2.24) is 15.2 Å². The summed E-state index contributed by atoms with van der Waals surface area (Å²) in [7, 11) is 0. The second-order valence-corrected chi connectivity index (χ2v) is 6.93. The lowest BCUT2D eigenvalue weighted by Crippen LogP contribution is -2.52. The molecule has 1 aliphatic carbocycles. The van der Waals surface area contributed by atoms with Gasteiger partial charge in [-0.1, -0.05) is 6.42 Å². The third-order valence-corrected chi connectivity index (χ3v) is 5.58. The Kier molecular flexibility index (Phi) is 4.45. The van der Waals surface area contributed by atoms with Crippen LogP contribution in [0, 0.1) is 12.8 Å². The predicted octanol–water partition coefficient (Wildman–Crippen LogP) is 2.72. The van der Waals surface area contributed by atoms with Crippen molar-refractivity contribution < 1.29 is 9.53 Å². The summed E-state index contributed by atoms with van der Waals surface area (Å²) < 4.78 is 5.56. The minimum Gasteiger partial charge on any atom is -0.377 e. The second kappa shape index (κ2) is 6.32. The van der Waals surface area contributed by atoms with E-state index in [1.165, 1.54) is 19.3 Å². The molecule has 116 valence electrons. The summed E-state index contributed by atoms with van der Waals surface area (Å²) in [6.45, 7) is 5.87. The van der Waals surface area contributed by atoms with E-state index in [0.717, 1.165) is 10.7 Å². The Bertz CT molecular complexity index is 501. The molecule has 1 saturated heterocycles. The Balaban J connectivity index is 1.66. The topological polar surface area (TPSA) is 54.5 Å². The standard InChI is InChI=1S/C15H23N3O2S/c1-10-9-21-14(16-10)13-8-20-7-6-18(13)15(19)17-11(2)12-4-3-5-12/h9,11-13H,3-8H2,1-2H3,(H,17,19). The van der Waals surface area contributed by atoms with Crippen LogP contribution in [0.5, 0.6) is 0 Å². The monoisotopic (exact) mass is 309 g/mol. The van der Waals surface area contributed by atoms with Gasteiger partial charge in [0.05, 0.1) is 13.2 Å². The van der Waals surface area contributed by atoms with Gasteiger partial charge in [-0.2, -0.15) is 0 Å². The molecular weight excluding hydrogens is 286 g/mol. The average molecular weight is 309 g/mol. The molecule has 3 rings (SSSR count). The summed E-state index contributed by atoms with van der Waals surface area (Å²) >= 11 is 1.61. The number of nitrogens with one attached hydrogen (secondary N) is 1. The number of ether oxygens (including phenoxy) is 1. The maximum Gasteiger partial charge on any atom is 0.318 e. The molecule has 1 saturated carbocycles. The van der Waals surface area contributed by atoms with Crippen molar-refractivity contribution in [3.63, 3.8) is 0 Å². The molecule has 2 unspecified atom stereocenters. The zero-order valence-electron chi connectivity index (χ0n) is 12.7. The Morgan fingerprint density at radius 1 is 1.57 bits per heavy atom. The van der Waals surface area contributed by atoms with Gasteiger partial charge in [0.2, 0.25) is 0 Å². The maximum absolute atomic E-state index is 12.6. The van der Waals surface area contributed by atoms with Crippen molar-refractivity contribution in [2.75, 3.05) is 19.8 Å². The van der Waals surface area contributed by atoms with Crippen LogP contribution in [-0.2, 0) is 4.74 Å². The fourth-order valence-electron chi connectivity index (χ4n) is 2.91. The molecule has 21 heavy (non-hydrogen) atoms. The van der Waals surface area contributed by atoms with Crippen LogP contribution in [0.3, 0.4) is 0 Å². The number of amides is 2. The number of carbonyl (C=O) groups is 1. The van der Waals surface area contributed by atoms with Crippen LogP contribution in [0.15, 0.2) is 5.38 Å². The number of morpholine rings is 1. The first-order chi connectivity index (χ1) is 10.1. The second-order valence-electron chi connectivity index (χ2n) is 6.04. The van der Waals surface area contributed by atoms with Gasteiger partial charge in [0.1, 0.15) is 11.0 Å². The van der Waals surface area contributed by atoms with E-state index in [1.807, 2.05) is 17.2 Å². The van der Waals surface area contributed by atoms with Gasteiger partial charge in [-0.3, -0.25) is 0 Å². The summed E-state index contributed by atoms with van der Waals surface area (Å²) in [5.41, 5.74) is 1.00. The lowest BCUT2D eigenvalue weighted by Gasteiger charge is -2.37. The lowest BCUT2D eigenvalue weighted by atomic mass is 9.80. The molecule has 0 aromatic carbocycles. The molecule has 0 bridgehead atoms. The molecule has 1 aromatic rings. The Hall–Kier alpha value is -1.14. The van der Waals surface area contributed by atoms with Crippen LogP contribution in [-0.4, -0.2) is 41.7 Å². The van der Waals surface area contributed by atoms with Crippen molar-refractivity contribution >= 4 is 17.4 Å². The van der Waals surface area contributed by atoms with Gasteiger partial charge in [0.25, 0.3) is 0 Å². The molecule has 6 heteroatoms. The van der Waals surface area contributed by atoms with Crippen molar-refractivity contribution in [2.24, 2.45) is 5.92 Å².